The third-order valence-electron chi connectivity index (χ3n) is 1.78. The van der Waals surface area contributed by atoms with E-state index in [9.17, 15) is 4.79 Å². The maximum atomic E-state index is 11.0. The molecule has 0 bridgehead atoms. The van der Waals surface area contributed by atoms with Gasteiger partial charge in [-0.3, -0.25) is 0 Å². The van der Waals surface area contributed by atoms with E-state index >= 15 is 0 Å². The molecule has 1 heterocycles. The summed E-state index contributed by atoms with van der Waals surface area (Å²) in [5, 5.41) is 3.53. The zero-order valence-corrected chi connectivity index (χ0v) is 8.80. The average Bonchev–Trinajstić information content (AvgIpc) is 2.61. The van der Waals surface area contributed by atoms with E-state index in [4.69, 9.17) is 5.73 Å². The quantitative estimate of drug-likeness (QED) is 0.337. The van der Waals surface area contributed by atoms with Gasteiger partial charge in [0.1, 0.15) is 5.69 Å². The summed E-state index contributed by atoms with van der Waals surface area (Å²) in [4.78, 5) is 19.5. The summed E-state index contributed by atoms with van der Waals surface area (Å²) >= 11 is 0. The van der Waals surface area contributed by atoms with E-state index in [0.717, 1.165) is 6.42 Å². The molecule has 0 aromatic carbocycles. The molecule has 1 aromatic rings. The fourth-order valence-corrected chi connectivity index (χ4v) is 1.00. The van der Waals surface area contributed by atoms with Crippen LogP contribution in [0.2, 0.25) is 0 Å². The molecule has 82 valence electrons. The summed E-state index contributed by atoms with van der Waals surface area (Å²) in [5.74, 6) is -0.248. The Morgan fingerprint density at radius 1 is 1.73 bits per heavy atom. The molecule has 0 atom stereocenters. The molecule has 0 radical (unpaired) electrons. The van der Waals surface area contributed by atoms with Crippen LogP contribution in [0.3, 0.4) is 0 Å². The van der Waals surface area contributed by atoms with Crippen molar-refractivity contribution in [3.63, 3.8) is 0 Å². The van der Waals surface area contributed by atoms with Crippen LogP contribution in [-0.2, 0) is 16.7 Å². The third kappa shape index (κ3) is 3.08. The molecule has 6 heteroatoms. The minimum atomic E-state index is -0.386. The van der Waals surface area contributed by atoms with Crippen LogP contribution in [-0.4, -0.2) is 21.4 Å². The molecule has 0 aliphatic heterocycles. The molecule has 0 unspecified atom stereocenters. The minimum absolute atomic E-state index is 0.138. The fourth-order valence-electron chi connectivity index (χ4n) is 1.00. The van der Waals surface area contributed by atoms with E-state index in [1.54, 1.807) is 24.1 Å². The average molecular weight is 210 g/mol. The number of carbonyl (C=O) groups excluding carboxylic acids is 1. The first kappa shape index (κ1) is 11.2. The Morgan fingerprint density at radius 3 is 3.00 bits per heavy atom. The van der Waals surface area contributed by atoms with Crippen molar-refractivity contribution < 1.29 is 9.63 Å². The molecule has 0 amide bonds. The van der Waals surface area contributed by atoms with Crippen LogP contribution < -0.4 is 5.73 Å². The first-order valence-corrected chi connectivity index (χ1v) is 4.65. The maximum absolute atomic E-state index is 11.0. The second kappa shape index (κ2) is 5.14. The molecule has 0 spiro atoms. The predicted molar refractivity (Wildman–Crippen MR) is 54.9 cm³/mol. The summed E-state index contributed by atoms with van der Waals surface area (Å²) in [5.41, 5.74) is 6.21. The van der Waals surface area contributed by atoms with Gasteiger partial charge in [-0.15, -0.1) is 0 Å². The van der Waals surface area contributed by atoms with Crippen molar-refractivity contribution in [1.82, 2.24) is 9.55 Å². The van der Waals surface area contributed by atoms with Gasteiger partial charge in [-0.2, -0.15) is 0 Å². The van der Waals surface area contributed by atoms with E-state index in [1.807, 2.05) is 6.92 Å². The third-order valence-corrected chi connectivity index (χ3v) is 1.78. The SMILES string of the molecule is CCCC(=O)ON=C(N)c1cncn1C. The number of amidine groups is 1. The highest BCUT2D eigenvalue weighted by atomic mass is 16.7. The number of carbonyl (C=O) groups is 1. The van der Waals surface area contributed by atoms with Crippen molar-refractivity contribution in [3.8, 4) is 0 Å². The smallest absolute Gasteiger partial charge is 0.335 e. The van der Waals surface area contributed by atoms with Gasteiger partial charge >= 0.3 is 5.97 Å². The van der Waals surface area contributed by atoms with Crippen molar-refractivity contribution >= 4 is 11.8 Å². The van der Waals surface area contributed by atoms with Crippen LogP contribution in [0.15, 0.2) is 17.7 Å². The van der Waals surface area contributed by atoms with Crippen molar-refractivity contribution in [2.24, 2.45) is 17.9 Å². The molecule has 6 nitrogen and oxygen atoms in total. The molecule has 1 aromatic heterocycles. The Hall–Kier alpha value is -1.85. The Kier molecular flexibility index (Phi) is 3.84. The Morgan fingerprint density at radius 2 is 2.47 bits per heavy atom. The number of nitrogens with two attached hydrogens (primary N) is 1. The summed E-state index contributed by atoms with van der Waals surface area (Å²) in [6.07, 6.45) is 4.19. The highest BCUT2D eigenvalue weighted by Crippen LogP contribution is 1.97. The van der Waals surface area contributed by atoms with Crippen LogP contribution in [0.4, 0.5) is 0 Å². The number of aryl methyl sites for hydroxylation is 1. The summed E-state index contributed by atoms with van der Waals surface area (Å²) in [6, 6.07) is 0. The molecule has 0 saturated carbocycles. The van der Waals surface area contributed by atoms with Gasteiger partial charge in [-0.25, -0.2) is 9.78 Å². The van der Waals surface area contributed by atoms with E-state index in [1.165, 1.54) is 0 Å². The van der Waals surface area contributed by atoms with Crippen molar-refractivity contribution in [2.45, 2.75) is 19.8 Å². The van der Waals surface area contributed by atoms with Gasteiger partial charge in [0.15, 0.2) is 5.84 Å². The molecule has 0 aliphatic carbocycles. The second-order valence-electron chi connectivity index (χ2n) is 3.08. The monoisotopic (exact) mass is 210 g/mol. The Balaban J connectivity index is 2.61. The van der Waals surface area contributed by atoms with Crippen molar-refractivity contribution in [1.29, 1.82) is 0 Å². The first-order valence-electron chi connectivity index (χ1n) is 4.65. The molecule has 0 fully saturated rings. The van der Waals surface area contributed by atoms with Gasteiger partial charge in [0.25, 0.3) is 0 Å². The summed E-state index contributed by atoms with van der Waals surface area (Å²) < 4.78 is 1.69. The lowest BCUT2D eigenvalue weighted by Gasteiger charge is -2.00. The highest BCUT2D eigenvalue weighted by Gasteiger charge is 2.05. The lowest BCUT2D eigenvalue weighted by molar-refractivity contribution is -0.143. The van der Waals surface area contributed by atoms with E-state index in [-0.39, 0.29) is 11.8 Å². The van der Waals surface area contributed by atoms with Gasteiger partial charge in [0.05, 0.1) is 12.5 Å². The lowest BCUT2D eigenvalue weighted by atomic mass is 10.3. The highest BCUT2D eigenvalue weighted by molar-refractivity contribution is 5.95. The van der Waals surface area contributed by atoms with E-state index in [2.05, 4.69) is 15.0 Å². The zero-order chi connectivity index (χ0) is 11.3. The molecule has 0 saturated heterocycles. The van der Waals surface area contributed by atoms with Crippen LogP contribution >= 0.6 is 0 Å². The van der Waals surface area contributed by atoms with Crippen LogP contribution in [0, 0.1) is 0 Å². The summed E-state index contributed by atoms with van der Waals surface area (Å²) in [6.45, 7) is 1.88. The first-order chi connectivity index (χ1) is 7.15. The molecule has 0 aliphatic rings. The van der Waals surface area contributed by atoms with Crippen molar-refractivity contribution in [3.05, 3.63) is 18.2 Å². The van der Waals surface area contributed by atoms with E-state index < -0.39 is 0 Å². The standard InChI is InChI=1S/C9H14N4O2/c1-3-4-8(14)15-12-9(10)7-5-11-6-13(7)2/h5-6H,3-4H2,1-2H3,(H2,10,12). The van der Waals surface area contributed by atoms with Crippen LogP contribution in [0.1, 0.15) is 25.5 Å². The van der Waals surface area contributed by atoms with Gasteiger partial charge in [-0.1, -0.05) is 12.1 Å². The topological polar surface area (TPSA) is 82.5 Å². The zero-order valence-electron chi connectivity index (χ0n) is 8.80. The normalized spacial score (nSPS) is 11.5. The lowest BCUT2D eigenvalue weighted by Crippen LogP contribution is -2.18. The number of rotatable bonds is 4. The Labute approximate surface area is 87.7 Å². The fraction of sp³-hybridized carbons (Fsp3) is 0.444. The Bertz CT molecular complexity index is 370. The number of aromatic nitrogens is 2. The van der Waals surface area contributed by atoms with Crippen LogP contribution in [0.25, 0.3) is 0 Å². The molecular weight excluding hydrogens is 196 g/mol. The predicted octanol–water partition coefficient (Wildman–Crippen LogP) is 0.384. The molecule has 1 rings (SSSR count). The van der Waals surface area contributed by atoms with Crippen molar-refractivity contribution in [2.75, 3.05) is 0 Å². The molecule has 15 heavy (non-hydrogen) atoms. The van der Waals surface area contributed by atoms with Gasteiger partial charge < -0.3 is 15.1 Å². The number of hydrogen-bond donors (Lipinski definition) is 1. The number of imidazole rings is 1. The molecular formula is C9H14N4O2. The minimum Gasteiger partial charge on any atom is -0.379 e. The van der Waals surface area contributed by atoms with E-state index in [0.29, 0.717) is 12.1 Å². The largest absolute Gasteiger partial charge is 0.379 e. The van der Waals surface area contributed by atoms with Gasteiger partial charge in [0, 0.05) is 13.5 Å². The number of oxime groups is 1. The van der Waals surface area contributed by atoms with Gasteiger partial charge in [0.2, 0.25) is 0 Å². The maximum Gasteiger partial charge on any atom is 0.335 e. The number of hydrogen-bond acceptors (Lipinski definition) is 4. The van der Waals surface area contributed by atoms with Gasteiger partial charge in [-0.05, 0) is 6.42 Å². The number of nitrogens with zero attached hydrogens (tertiary/aromatic N) is 3. The van der Waals surface area contributed by atoms with Crippen LogP contribution in [0.5, 0.6) is 0 Å². The summed E-state index contributed by atoms with van der Waals surface area (Å²) in [7, 11) is 1.78. The molecule has 2 N–H and O–H groups in total. The second-order valence-corrected chi connectivity index (χ2v) is 3.08.